The quantitative estimate of drug-likeness (QED) is 0.752. The lowest BCUT2D eigenvalue weighted by Gasteiger charge is -2.33. The number of aryl methyl sites for hydroxylation is 1. The summed E-state index contributed by atoms with van der Waals surface area (Å²) >= 11 is 0. The van der Waals surface area contributed by atoms with Gasteiger partial charge in [0.05, 0.1) is 17.8 Å². The summed E-state index contributed by atoms with van der Waals surface area (Å²) in [5.41, 5.74) is 8.36. The van der Waals surface area contributed by atoms with Crippen LogP contribution in [0.15, 0.2) is 42.6 Å². The predicted octanol–water partition coefficient (Wildman–Crippen LogP) is 2.73. The minimum atomic E-state index is -0.468. The summed E-state index contributed by atoms with van der Waals surface area (Å²) in [6.45, 7) is 3.38. The van der Waals surface area contributed by atoms with Gasteiger partial charge in [0, 0.05) is 24.3 Å². The number of carbonyl (C=O) groups excluding carboxylic acids is 1. The van der Waals surface area contributed by atoms with Crippen molar-refractivity contribution >= 4 is 11.7 Å². The normalized spacial score (nSPS) is 15.0. The maximum Gasteiger partial charge on any atom is 0.252 e. The van der Waals surface area contributed by atoms with Crippen LogP contribution in [-0.2, 0) is 0 Å². The first-order valence-electron chi connectivity index (χ1n) is 9.21. The second-order valence-electron chi connectivity index (χ2n) is 7.00. The number of amides is 1. The largest absolute Gasteiger partial charge is 0.365 e. The average Bonchev–Trinajstić information content (AvgIpc) is 3.18. The Morgan fingerprint density at radius 3 is 2.54 bits per heavy atom. The van der Waals surface area contributed by atoms with Gasteiger partial charge in [0.15, 0.2) is 0 Å². The van der Waals surface area contributed by atoms with Crippen molar-refractivity contribution in [2.45, 2.75) is 25.8 Å². The van der Waals surface area contributed by atoms with Crippen LogP contribution in [0, 0.1) is 12.7 Å². The van der Waals surface area contributed by atoms with Gasteiger partial charge >= 0.3 is 0 Å². The van der Waals surface area contributed by atoms with E-state index in [-0.39, 0.29) is 11.9 Å². The van der Waals surface area contributed by atoms with Crippen LogP contribution in [0.1, 0.15) is 34.9 Å². The molecule has 4 rings (SSSR count). The Labute approximate surface area is 162 Å². The number of hydrogen-bond acceptors (Lipinski definition) is 5. The number of primary amides is 1. The second-order valence-corrected chi connectivity index (χ2v) is 7.00. The van der Waals surface area contributed by atoms with Crippen molar-refractivity contribution in [1.82, 2.24) is 20.0 Å². The Hall–Kier alpha value is -3.29. The van der Waals surface area contributed by atoms with Crippen LogP contribution in [0.3, 0.4) is 0 Å². The molecule has 1 aromatic carbocycles. The van der Waals surface area contributed by atoms with E-state index < -0.39 is 5.91 Å². The Kier molecular flexibility index (Phi) is 4.77. The number of piperidine rings is 1. The van der Waals surface area contributed by atoms with Crippen LogP contribution in [0.2, 0.25) is 0 Å². The molecule has 0 bridgehead atoms. The van der Waals surface area contributed by atoms with E-state index in [9.17, 15) is 9.18 Å². The minimum absolute atomic E-state index is 0.208. The molecule has 0 aliphatic carbocycles. The first-order valence-corrected chi connectivity index (χ1v) is 9.21. The lowest BCUT2D eigenvalue weighted by atomic mass is 10.0. The summed E-state index contributed by atoms with van der Waals surface area (Å²) in [6.07, 6.45) is 3.59. The number of anilines is 1. The zero-order valence-corrected chi connectivity index (χ0v) is 15.5. The van der Waals surface area contributed by atoms with E-state index >= 15 is 0 Å². The molecule has 2 aromatic heterocycles. The molecule has 1 aliphatic heterocycles. The van der Waals surface area contributed by atoms with Crippen LogP contribution < -0.4 is 10.6 Å². The fourth-order valence-electron chi connectivity index (χ4n) is 3.53. The van der Waals surface area contributed by atoms with Crippen molar-refractivity contribution in [3.05, 3.63) is 59.7 Å². The lowest BCUT2D eigenvalue weighted by molar-refractivity contribution is 0.100. The van der Waals surface area contributed by atoms with Crippen molar-refractivity contribution in [3.63, 3.8) is 0 Å². The molecule has 1 amide bonds. The fourth-order valence-corrected chi connectivity index (χ4v) is 3.53. The van der Waals surface area contributed by atoms with E-state index in [1.54, 1.807) is 24.3 Å². The molecule has 0 spiro atoms. The molecule has 1 fully saturated rings. The third kappa shape index (κ3) is 3.58. The van der Waals surface area contributed by atoms with E-state index in [4.69, 9.17) is 5.73 Å². The molecule has 3 heterocycles. The number of rotatable bonds is 4. The summed E-state index contributed by atoms with van der Waals surface area (Å²) in [4.78, 5) is 18.4. The molecule has 1 saturated heterocycles. The van der Waals surface area contributed by atoms with Gasteiger partial charge in [-0.25, -0.2) is 14.1 Å². The highest BCUT2D eigenvalue weighted by atomic mass is 19.1. The van der Waals surface area contributed by atoms with Gasteiger partial charge in [-0.3, -0.25) is 4.79 Å². The SMILES string of the molecule is Cc1ccc(C(N)=O)c(N2CCC(n3cc(-c4ccc(F)cc4)nn3)CC2)n1. The maximum absolute atomic E-state index is 13.1. The van der Waals surface area contributed by atoms with Gasteiger partial charge in [0.2, 0.25) is 0 Å². The van der Waals surface area contributed by atoms with Crippen molar-refractivity contribution < 1.29 is 9.18 Å². The molecule has 8 heteroatoms. The van der Waals surface area contributed by atoms with Crippen molar-refractivity contribution in [2.24, 2.45) is 5.73 Å². The van der Waals surface area contributed by atoms with Crippen molar-refractivity contribution in [2.75, 3.05) is 18.0 Å². The third-order valence-electron chi connectivity index (χ3n) is 5.07. The number of aromatic nitrogens is 4. The first-order chi connectivity index (χ1) is 13.5. The summed E-state index contributed by atoms with van der Waals surface area (Å²) in [7, 11) is 0. The highest BCUT2D eigenvalue weighted by molar-refractivity contribution is 5.97. The molecule has 0 radical (unpaired) electrons. The van der Waals surface area contributed by atoms with Crippen LogP contribution in [-0.4, -0.2) is 39.0 Å². The van der Waals surface area contributed by atoms with Gasteiger partial charge < -0.3 is 10.6 Å². The monoisotopic (exact) mass is 380 g/mol. The summed E-state index contributed by atoms with van der Waals surface area (Å²) in [5, 5.41) is 8.48. The van der Waals surface area contributed by atoms with Crippen LogP contribution in [0.4, 0.5) is 10.2 Å². The van der Waals surface area contributed by atoms with E-state index in [1.165, 1.54) is 12.1 Å². The standard InChI is InChI=1S/C20H21FN6O/c1-13-2-7-17(19(22)28)20(23-13)26-10-8-16(9-11-26)27-12-18(24-25-27)14-3-5-15(21)6-4-14/h2-7,12,16H,8-11H2,1H3,(H2,22,28). The zero-order valence-electron chi connectivity index (χ0n) is 15.5. The Morgan fingerprint density at radius 1 is 1.14 bits per heavy atom. The van der Waals surface area contributed by atoms with E-state index in [0.717, 1.165) is 42.9 Å². The predicted molar refractivity (Wildman–Crippen MR) is 103 cm³/mol. The topological polar surface area (TPSA) is 89.9 Å². The van der Waals surface area contributed by atoms with Crippen molar-refractivity contribution in [1.29, 1.82) is 0 Å². The van der Waals surface area contributed by atoms with Crippen LogP contribution in [0.5, 0.6) is 0 Å². The van der Waals surface area contributed by atoms with E-state index in [0.29, 0.717) is 11.4 Å². The van der Waals surface area contributed by atoms with Gasteiger partial charge in [0.1, 0.15) is 17.3 Å². The zero-order chi connectivity index (χ0) is 19.7. The second kappa shape index (κ2) is 7.38. The van der Waals surface area contributed by atoms with Gasteiger partial charge in [-0.05, 0) is 56.2 Å². The number of nitrogens with zero attached hydrogens (tertiary/aromatic N) is 5. The highest BCUT2D eigenvalue weighted by Gasteiger charge is 2.25. The number of nitrogens with two attached hydrogens (primary N) is 1. The van der Waals surface area contributed by atoms with Crippen LogP contribution >= 0.6 is 0 Å². The molecule has 0 atom stereocenters. The molecule has 0 unspecified atom stereocenters. The van der Waals surface area contributed by atoms with Crippen molar-refractivity contribution in [3.8, 4) is 11.3 Å². The van der Waals surface area contributed by atoms with Gasteiger partial charge in [-0.1, -0.05) is 5.21 Å². The van der Waals surface area contributed by atoms with E-state index in [2.05, 4.69) is 20.2 Å². The lowest BCUT2D eigenvalue weighted by Crippen LogP contribution is -2.36. The molecule has 2 N–H and O–H groups in total. The molecular formula is C20H21FN6O. The number of pyridine rings is 1. The summed E-state index contributed by atoms with van der Waals surface area (Å²) < 4.78 is 15.0. The maximum atomic E-state index is 13.1. The van der Waals surface area contributed by atoms with Gasteiger partial charge in [-0.15, -0.1) is 5.10 Å². The molecule has 3 aromatic rings. The number of hydrogen-bond donors (Lipinski definition) is 1. The number of benzene rings is 1. The van der Waals surface area contributed by atoms with Gasteiger partial charge in [-0.2, -0.15) is 0 Å². The number of carbonyl (C=O) groups is 1. The Balaban J connectivity index is 1.47. The smallest absolute Gasteiger partial charge is 0.252 e. The van der Waals surface area contributed by atoms with Crippen LogP contribution in [0.25, 0.3) is 11.3 Å². The first kappa shape index (κ1) is 18.1. The summed E-state index contributed by atoms with van der Waals surface area (Å²) in [6, 6.07) is 9.96. The fraction of sp³-hybridized carbons (Fsp3) is 0.300. The number of halogens is 1. The Morgan fingerprint density at radius 2 is 1.86 bits per heavy atom. The molecule has 28 heavy (non-hydrogen) atoms. The molecular weight excluding hydrogens is 359 g/mol. The van der Waals surface area contributed by atoms with E-state index in [1.807, 2.05) is 17.8 Å². The Bertz CT molecular complexity index is 992. The summed E-state index contributed by atoms with van der Waals surface area (Å²) in [5.74, 6) is -0.0926. The molecule has 1 aliphatic rings. The average molecular weight is 380 g/mol. The molecule has 0 saturated carbocycles. The highest BCUT2D eigenvalue weighted by Crippen LogP contribution is 2.28. The molecule has 7 nitrogen and oxygen atoms in total. The minimum Gasteiger partial charge on any atom is -0.365 e. The third-order valence-corrected chi connectivity index (χ3v) is 5.07. The van der Waals surface area contributed by atoms with Gasteiger partial charge in [0.25, 0.3) is 5.91 Å². The molecule has 144 valence electrons.